The van der Waals surface area contributed by atoms with E-state index in [0.717, 1.165) is 17.0 Å². The number of hydrogen-bond donors (Lipinski definition) is 1. The van der Waals surface area contributed by atoms with Crippen molar-refractivity contribution < 1.29 is 14.3 Å². The van der Waals surface area contributed by atoms with Gasteiger partial charge in [0.05, 0.1) is 19.3 Å². The van der Waals surface area contributed by atoms with E-state index < -0.39 is 0 Å². The van der Waals surface area contributed by atoms with Gasteiger partial charge in [-0.2, -0.15) is 0 Å². The van der Waals surface area contributed by atoms with Crippen LogP contribution in [0.15, 0.2) is 48.5 Å². The quantitative estimate of drug-likeness (QED) is 0.825. The third-order valence-electron chi connectivity index (χ3n) is 3.02. The number of esters is 1. The Morgan fingerprint density at radius 1 is 1.14 bits per heavy atom. The molecule has 2 aromatic rings. The second-order valence-electron chi connectivity index (χ2n) is 4.50. The van der Waals surface area contributed by atoms with Crippen LogP contribution in [-0.4, -0.2) is 19.7 Å². The van der Waals surface area contributed by atoms with Gasteiger partial charge in [-0.05, 0) is 36.8 Å². The summed E-state index contributed by atoms with van der Waals surface area (Å²) in [6.45, 7) is 3.29. The third kappa shape index (κ3) is 4.24. The molecule has 1 N–H and O–H groups in total. The largest absolute Gasteiger partial charge is 0.494 e. The van der Waals surface area contributed by atoms with Gasteiger partial charge in [0.15, 0.2) is 0 Å². The van der Waals surface area contributed by atoms with Crippen LogP contribution in [0.1, 0.15) is 22.8 Å². The zero-order chi connectivity index (χ0) is 15.1. The van der Waals surface area contributed by atoms with Gasteiger partial charge in [0.1, 0.15) is 5.75 Å². The average molecular weight is 285 g/mol. The molecule has 4 heteroatoms. The van der Waals surface area contributed by atoms with Crippen LogP contribution in [0.3, 0.4) is 0 Å². The summed E-state index contributed by atoms with van der Waals surface area (Å²) in [7, 11) is 1.38. The van der Waals surface area contributed by atoms with Crippen LogP contribution in [0.25, 0.3) is 0 Å². The fraction of sp³-hybridized carbons (Fsp3) is 0.235. The normalized spacial score (nSPS) is 10.0. The molecule has 110 valence electrons. The van der Waals surface area contributed by atoms with E-state index in [4.69, 9.17) is 4.74 Å². The second kappa shape index (κ2) is 7.33. The Labute approximate surface area is 124 Å². The molecule has 0 atom stereocenters. The van der Waals surface area contributed by atoms with Crippen LogP contribution in [0, 0.1) is 0 Å². The molecular weight excluding hydrogens is 266 g/mol. The van der Waals surface area contributed by atoms with Crippen molar-refractivity contribution in [3.63, 3.8) is 0 Å². The summed E-state index contributed by atoms with van der Waals surface area (Å²) in [6, 6.07) is 15.2. The Bertz CT molecular complexity index is 593. The molecule has 0 aromatic heterocycles. The molecular formula is C17H19NO3. The molecule has 0 bridgehead atoms. The fourth-order valence-corrected chi connectivity index (χ4v) is 1.94. The highest BCUT2D eigenvalue weighted by Gasteiger charge is 2.04. The highest BCUT2D eigenvalue weighted by molar-refractivity contribution is 5.89. The van der Waals surface area contributed by atoms with E-state index in [1.807, 2.05) is 43.3 Å². The van der Waals surface area contributed by atoms with Crippen molar-refractivity contribution in [3.05, 3.63) is 59.7 Å². The van der Waals surface area contributed by atoms with Crippen molar-refractivity contribution in [3.8, 4) is 5.75 Å². The zero-order valence-corrected chi connectivity index (χ0v) is 12.3. The van der Waals surface area contributed by atoms with Gasteiger partial charge < -0.3 is 14.8 Å². The number of methoxy groups -OCH3 is 1. The summed E-state index contributed by atoms with van der Waals surface area (Å²) < 4.78 is 10.1. The number of anilines is 1. The van der Waals surface area contributed by atoms with Crippen molar-refractivity contribution in [2.45, 2.75) is 13.5 Å². The molecule has 0 fully saturated rings. The highest BCUT2D eigenvalue weighted by Crippen LogP contribution is 2.18. The van der Waals surface area contributed by atoms with Gasteiger partial charge in [-0.15, -0.1) is 0 Å². The molecule has 21 heavy (non-hydrogen) atoms. The number of benzene rings is 2. The first-order chi connectivity index (χ1) is 10.2. The molecule has 2 rings (SSSR count). The highest BCUT2D eigenvalue weighted by atomic mass is 16.5. The van der Waals surface area contributed by atoms with Gasteiger partial charge in [0.25, 0.3) is 0 Å². The first-order valence-electron chi connectivity index (χ1n) is 6.87. The van der Waals surface area contributed by atoms with Crippen molar-refractivity contribution in [1.29, 1.82) is 0 Å². The van der Waals surface area contributed by atoms with Crippen molar-refractivity contribution in [1.82, 2.24) is 0 Å². The smallest absolute Gasteiger partial charge is 0.337 e. The summed E-state index contributed by atoms with van der Waals surface area (Å²) in [5, 5.41) is 3.33. The fourth-order valence-electron chi connectivity index (χ4n) is 1.94. The van der Waals surface area contributed by atoms with E-state index in [1.165, 1.54) is 7.11 Å². The molecule has 2 aromatic carbocycles. The Balaban J connectivity index is 1.96. The Morgan fingerprint density at radius 2 is 1.90 bits per heavy atom. The lowest BCUT2D eigenvalue weighted by atomic mass is 10.1. The maximum atomic E-state index is 11.4. The van der Waals surface area contributed by atoms with Crippen LogP contribution in [0.5, 0.6) is 5.75 Å². The number of carbonyl (C=O) groups excluding carboxylic acids is 1. The minimum atomic E-state index is -0.320. The monoisotopic (exact) mass is 285 g/mol. The van der Waals surface area contributed by atoms with Crippen LogP contribution >= 0.6 is 0 Å². The first kappa shape index (κ1) is 14.9. The van der Waals surface area contributed by atoms with Crippen molar-refractivity contribution in [2.75, 3.05) is 19.0 Å². The van der Waals surface area contributed by atoms with E-state index in [0.29, 0.717) is 18.7 Å². The number of carbonyl (C=O) groups is 1. The maximum Gasteiger partial charge on any atom is 0.337 e. The predicted molar refractivity (Wildman–Crippen MR) is 82.7 cm³/mol. The Morgan fingerprint density at radius 3 is 2.57 bits per heavy atom. The molecule has 0 heterocycles. The Kier molecular flexibility index (Phi) is 5.21. The van der Waals surface area contributed by atoms with Gasteiger partial charge in [0, 0.05) is 18.3 Å². The molecule has 0 radical (unpaired) electrons. The zero-order valence-electron chi connectivity index (χ0n) is 12.3. The number of nitrogens with one attached hydrogen (secondary N) is 1. The summed E-state index contributed by atoms with van der Waals surface area (Å²) in [6.07, 6.45) is 0. The average Bonchev–Trinajstić information content (AvgIpc) is 2.53. The summed E-state index contributed by atoms with van der Waals surface area (Å²) in [5.74, 6) is 0.530. The van der Waals surface area contributed by atoms with E-state index >= 15 is 0 Å². The van der Waals surface area contributed by atoms with Gasteiger partial charge in [-0.1, -0.05) is 18.2 Å². The van der Waals surface area contributed by atoms with Gasteiger partial charge >= 0.3 is 5.97 Å². The lowest BCUT2D eigenvalue weighted by molar-refractivity contribution is 0.0600. The van der Waals surface area contributed by atoms with E-state index in [-0.39, 0.29) is 5.97 Å². The summed E-state index contributed by atoms with van der Waals surface area (Å²) in [5.41, 5.74) is 2.64. The second-order valence-corrected chi connectivity index (χ2v) is 4.50. The predicted octanol–water partition coefficient (Wildman–Crippen LogP) is 3.48. The van der Waals surface area contributed by atoms with E-state index in [9.17, 15) is 4.79 Å². The lowest BCUT2D eigenvalue weighted by Gasteiger charge is -2.09. The van der Waals surface area contributed by atoms with Crippen LogP contribution in [0.4, 0.5) is 5.69 Å². The van der Waals surface area contributed by atoms with E-state index in [1.54, 1.807) is 12.1 Å². The Hall–Kier alpha value is -2.49. The standard InChI is InChI=1S/C17H19NO3/c1-3-21-16-6-4-5-15(11-16)18-12-13-7-9-14(10-8-13)17(19)20-2/h4-11,18H,3,12H2,1-2H3. The van der Waals surface area contributed by atoms with Crippen LogP contribution in [0.2, 0.25) is 0 Å². The number of hydrogen-bond acceptors (Lipinski definition) is 4. The molecule has 0 spiro atoms. The minimum Gasteiger partial charge on any atom is -0.494 e. The summed E-state index contributed by atoms with van der Waals surface area (Å²) in [4.78, 5) is 11.4. The van der Waals surface area contributed by atoms with Gasteiger partial charge in [0.2, 0.25) is 0 Å². The number of ether oxygens (including phenoxy) is 2. The molecule has 0 saturated carbocycles. The SMILES string of the molecule is CCOc1cccc(NCc2ccc(C(=O)OC)cc2)c1. The van der Waals surface area contributed by atoms with Crippen molar-refractivity contribution >= 4 is 11.7 Å². The minimum absolute atomic E-state index is 0.320. The van der Waals surface area contributed by atoms with Gasteiger partial charge in [-0.25, -0.2) is 4.79 Å². The molecule has 4 nitrogen and oxygen atoms in total. The van der Waals surface area contributed by atoms with Gasteiger partial charge in [-0.3, -0.25) is 0 Å². The van der Waals surface area contributed by atoms with E-state index in [2.05, 4.69) is 10.1 Å². The first-order valence-corrected chi connectivity index (χ1v) is 6.87. The molecule has 0 aliphatic rings. The molecule has 0 amide bonds. The van der Waals surface area contributed by atoms with Crippen LogP contribution < -0.4 is 10.1 Å². The molecule has 0 unspecified atom stereocenters. The molecule has 0 aliphatic heterocycles. The third-order valence-corrected chi connectivity index (χ3v) is 3.02. The topological polar surface area (TPSA) is 47.6 Å². The van der Waals surface area contributed by atoms with Crippen LogP contribution in [-0.2, 0) is 11.3 Å². The molecule has 0 saturated heterocycles. The molecule has 0 aliphatic carbocycles. The summed E-state index contributed by atoms with van der Waals surface area (Å²) >= 11 is 0. The lowest BCUT2D eigenvalue weighted by Crippen LogP contribution is -2.03. The van der Waals surface area contributed by atoms with Crippen molar-refractivity contribution in [2.24, 2.45) is 0 Å². The number of rotatable bonds is 6. The maximum absolute atomic E-state index is 11.4.